The summed E-state index contributed by atoms with van der Waals surface area (Å²) in [5.41, 5.74) is 7.20. The molecule has 0 saturated heterocycles. The smallest absolute Gasteiger partial charge is 0.138 e. The van der Waals surface area contributed by atoms with E-state index in [1.165, 1.54) is 31.7 Å². The van der Waals surface area contributed by atoms with Gasteiger partial charge in [-0.2, -0.15) is 0 Å². The van der Waals surface area contributed by atoms with E-state index in [2.05, 4.69) is 5.32 Å². The molecule has 0 heterocycles. The zero-order valence-electron chi connectivity index (χ0n) is 9.10. The summed E-state index contributed by atoms with van der Waals surface area (Å²) in [7, 11) is 0. The molecule has 0 unspecified atom stereocenters. The molecule has 1 fully saturated rings. The second-order valence-electron chi connectivity index (χ2n) is 4.38. The van der Waals surface area contributed by atoms with Gasteiger partial charge in [0, 0.05) is 12.6 Å². The van der Waals surface area contributed by atoms with Crippen LogP contribution in [0.4, 0.5) is 15.8 Å². The Balaban J connectivity index is 2.00. The van der Waals surface area contributed by atoms with Crippen molar-refractivity contribution in [3.05, 3.63) is 21.5 Å². The van der Waals surface area contributed by atoms with Gasteiger partial charge >= 0.3 is 0 Å². The van der Waals surface area contributed by atoms with E-state index in [0.29, 0.717) is 9.26 Å². The minimum atomic E-state index is -0.205. The maximum Gasteiger partial charge on any atom is 0.138 e. The molecule has 1 aromatic rings. The average Bonchev–Trinajstić information content (AvgIpc) is 2.74. The Morgan fingerprint density at radius 2 is 2.06 bits per heavy atom. The normalized spacial score (nSPS) is 16.6. The highest BCUT2D eigenvalue weighted by atomic mass is 127. The van der Waals surface area contributed by atoms with E-state index in [1.54, 1.807) is 6.07 Å². The third-order valence-electron chi connectivity index (χ3n) is 3.15. The molecule has 0 amide bonds. The molecule has 4 heteroatoms. The first kappa shape index (κ1) is 12.0. The molecule has 2 rings (SSSR count). The summed E-state index contributed by atoms with van der Waals surface area (Å²) in [5.74, 6) is 0.519. The van der Waals surface area contributed by atoms with Crippen LogP contribution < -0.4 is 11.1 Å². The molecule has 3 N–H and O–H groups in total. The van der Waals surface area contributed by atoms with E-state index in [9.17, 15) is 4.39 Å². The van der Waals surface area contributed by atoms with Gasteiger partial charge in [-0.25, -0.2) is 4.39 Å². The van der Waals surface area contributed by atoms with Gasteiger partial charge in [0.1, 0.15) is 5.82 Å². The van der Waals surface area contributed by atoms with Gasteiger partial charge in [0.15, 0.2) is 0 Å². The van der Waals surface area contributed by atoms with E-state index in [-0.39, 0.29) is 5.82 Å². The summed E-state index contributed by atoms with van der Waals surface area (Å²) in [6.07, 6.45) is 5.20. The van der Waals surface area contributed by atoms with Crippen molar-refractivity contribution in [1.29, 1.82) is 0 Å². The van der Waals surface area contributed by atoms with Crippen molar-refractivity contribution < 1.29 is 4.39 Å². The van der Waals surface area contributed by atoms with Crippen molar-refractivity contribution in [3.8, 4) is 0 Å². The molecule has 1 aromatic carbocycles. The fourth-order valence-corrected chi connectivity index (χ4v) is 2.68. The number of nitrogens with one attached hydrogen (secondary N) is 1. The standard InChI is InChI=1S/C12H16FIN2/c13-9-5-12(11(15)6-10(9)14)16-7-8-3-1-2-4-8/h5-6,8,16H,1-4,7,15H2. The molecule has 0 atom stereocenters. The molecular formula is C12H16FIN2. The van der Waals surface area contributed by atoms with Gasteiger partial charge in [-0.05, 0) is 47.4 Å². The van der Waals surface area contributed by atoms with Crippen molar-refractivity contribution >= 4 is 34.0 Å². The molecule has 2 nitrogen and oxygen atoms in total. The lowest BCUT2D eigenvalue weighted by atomic mass is 10.1. The van der Waals surface area contributed by atoms with Gasteiger partial charge in [0.25, 0.3) is 0 Å². The molecular weight excluding hydrogens is 318 g/mol. The lowest BCUT2D eigenvalue weighted by Gasteiger charge is -2.14. The molecule has 0 spiro atoms. The van der Waals surface area contributed by atoms with Crippen LogP contribution in [0.3, 0.4) is 0 Å². The quantitative estimate of drug-likeness (QED) is 0.655. The van der Waals surface area contributed by atoms with Crippen LogP contribution in [0.5, 0.6) is 0 Å². The number of nitrogen functional groups attached to an aromatic ring is 1. The summed E-state index contributed by atoms with van der Waals surface area (Å²) < 4.78 is 13.9. The molecule has 0 bridgehead atoms. The van der Waals surface area contributed by atoms with Gasteiger partial charge in [-0.3, -0.25) is 0 Å². The molecule has 88 valence electrons. The first-order valence-electron chi connectivity index (χ1n) is 5.65. The predicted molar refractivity (Wildman–Crippen MR) is 74.0 cm³/mol. The van der Waals surface area contributed by atoms with Crippen LogP contribution in [0, 0.1) is 15.3 Å². The van der Waals surface area contributed by atoms with Crippen LogP contribution in [-0.4, -0.2) is 6.54 Å². The highest BCUT2D eigenvalue weighted by molar-refractivity contribution is 14.1. The molecule has 1 aliphatic carbocycles. The highest BCUT2D eigenvalue weighted by Gasteiger charge is 2.15. The Bertz CT molecular complexity index is 376. The number of anilines is 2. The highest BCUT2D eigenvalue weighted by Crippen LogP contribution is 2.27. The van der Waals surface area contributed by atoms with Crippen molar-refractivity contribution in [1.82, 2.24) is 0 Å². The summed E-state index contributed by atoms with van der Waals surface area (Å²) in [4.78, 5) is 0. The maximum absolute atomic E-state index is 13.4. The summed E-state index contributed by atoms with van der Waals surface area (Å²) in [6, 6.07) is 3.17. The fraction of sp³-hybridized carbons (Fsp3) is 0.500. The third-order valence-corrected chi connectivity index (χ3v) is 3.98. The second-order valence-corrected chi connectivity index (χ2v) is 5.55. The summed E-state index contributed by atoms with van der Waals surface area (Å²) in [6.45, 7) is 0.907. The zero-order valence-corrected chi connectivity index (χ0v) is 11.3. The van der Waals surface area contributed by atoms with Gasteiger partial charge in [-0.15, -0.1) is 0 Å². The van der Waals surface area contributed by atoms with Gasteiger partial charge < -0.3 is 11.1 Å². The molecule has 1 aliphatic rings. The van der Waals surface area contributed by atoms with Crippen LogP contribution >= 0.6 is 22.6 Å². The summed E-state index contributed by atoms with van der Waals surface area (Å²) >= 11 is 1.95. The third kappa shape index (κ3) is 2.78. The van der Waals surface area contributed by atoms with Crippen LogP contribution in [0.25, 0.3) is 0 Å². The lowest BCUT2D eigenvalue weighted by molar-refractivity contribution is 0.579. The Labute approximate surface area is 109 Å². The lowest BCUT2D eigenvalue weighted by Crippen LogP contribution is -2.12. The molecule has 1 saturated carbocycles. The Hall–Kier alpha value is -0.520. The van der Waals surface area contributed by atoms with E-state index >= 15 is 0 Å². The van der Waals surface area contributed by atoms with Gasteiger partial charge in [0.2, 0.25) is 0 Å². The Kier molecular flexibility index (Phi) is 3.89. The molecule has 16 heavy (non-hydrogen) atoms. The summed E-state index contributed by atoms with van der Waals surface area (Å²) in [5, 5.41) is 3.25. The second kappa shape index (κ2) is 5.21. The number of halogens is 2. The number of nitrogens with two attached hydrogens (primary N) is 1. The fourth-order valence-electron chi connectivity index (χ4n) is 2.18. The van der Waals surface area contributed by atoms with Crippen molar-refractivity contribution in [2.75, 3.05) is 17.6 Å². The Morgan fingerprint density at radius 3 is 2.75 bits per heavy atom. The molecule has 0 aromatic heterocycles. The number of benzene rings is 1. The minimum absolute atomic E-state index is 0.205. The Morgan fingerprint density at radius 1 is 1.38 bits per heavy atom. The predicted octanol–water partition coefficient (Wildman–Crippen LogP) is 3.61. The largest absolute Gasteiger partial charge is 0.397 e. The monoisotopic (exact) mass is 334 g/mol. The van der Waals surface area contributed by atoms with Crippen LogP contribution in [0.1, 0.15) is 25.7 Å². The van der Waals surface area contributed by atoms with E-state index in [4.69, 9.17) is 5.73 Å². The first-order valence-corrected chi connectivity index (χ1v) is 6.73. The maximum atomic E-state index is 13.4. The first-order chi connectivity index (χ1) is 7.66. The van der Waals surface area contributed by atoms with Gasteiger partial charge in [-0.1, -0.05) is 12.8 Å². The van der Waals surface area contributed by atoms with Crippen LogP contribution in [0.2, 0.25) is 0 Å². The van der Waals surface area contributed by atoms with Crippen molar-refractivity contribution in [2.24, 2.45) is 5.92 Å². The molecule has 0 radical (unpaired) electrons. The van der Waals surface area contributed by atoms with E-state index in [0.717, 1.165) is 18.2 Å². The van der Waals surface area contributed by atoms with Crippen LogP contribution in [-0.2, 0) is 0 Å². The average molecular weight is 334 g/mol. The van der Waals surface area contributed by atoms with Crippen molar-refractivity contribution in [3.63, 3.8) is 0 Å². The van der Waals surface area contributed by atoms with Crippen molar-refractivity contribution in [2.45, 2.75) is 25.7 Å². The van der Waals surface area contributed by atoms with Gasteiger partial charge in [0.05, 0.1) is 14.9 Å². The minimum Gasteiger partial charge on any atom is -0.397 e. The molecule has 0 aliphatic heterocycles. The number of rotatable bonds is 3. The number of hydrogen-bond donors (Lipinski definition) is 2. The number of hydrogen-bond acceptors (Lipinski definition) is 2. The topological polar surface area (TPSA) is 38.0 Å². The SMILES string of the molecule is Nc1cc(I)c(F)cc1NCC1CCCC1. The zero-order chi connectivity index (χ0) is 11.5. The van der Waals surface area contributed by atoms with E-state index < -0.39 is 0 Å². The van der Waals surface area contributed by atoms with Crippen LogP contribution in [0.15, 0.2) is 12.1 Å². The van der Waals surface area contributed by atoms with E-state index in [1.807, 2.05) is 22.6 Å².